The summed E-state index contributed by atoms with van der Waals surface area (Å²) in [5.41, 5.74) is 2.68. The van der Waals surface area contributed by atoms with Gasteiger partial charge in [-0.25, -0.2) is 4.98 Å². The van der Waals surface area contributed by atoms with Crippen molar-refractivity contribution in [2.45, 2.75) is 6.54 Å². The summed E-state index contributed by atoms with van der Waals surface area (Å²) in [5.74, 6) is 0. The molecule has 8 heteroatoms. The maximum absolute atomic E-state index is 10.9. The van der Waals surface area contributed by atoms with Crippen LogP contribution in [0, 0.1) is 21.4 Å². The highest BCUT2D eigenvalue weighted by Gasteiger charge is 2.21. The second kappa shape index (κ2) is 7.31. The van der Waals surface area contributed by atoms with E-state index in [0.717, 1.165) is 59.2 Å². The van der Waals surface area contributed by atoms with Crippen LogP contribution >= 0.6 is 11.3 Å². The lowest BCUT2D eigenvalue weighted by Crippen LogP contribution is -2.46. The summed E-state index contributed by atoms with van der Waals surface area (Å²) >= 11 is 1.50. The second-order valence-electron chi connectivity index (χ2n) is 6.44. The molecule has 0 aliphatic carbocycles. The average molecular weight is 379 g/mol. The van der Waals surface area contributed by atoms with E-state index in [2.05, 4.69) is 20.9 Å². The Labute approximate surface area is 160 Å². The van der Waals surface area contributed by atoms with Gasteiger partial charge in [0.05, 0.1) is 26.8 Å². The van der Waals surface area contributed by atoms with E-state index in [1.807, 2.05) is 24.3 Å². The summed E-state index contributed by atoms with van der Waals surface area (Å²) in [6.45, 7) is 4.22. The van der Waals surface area contributed by atoms with Gasteiger partial charge in [0, 0.05) is 44.9 Å². The zero-order chi connectivity index (χ0) is 18.8. The number of piperazine rings is 1. The van der Waals surface area contributed by atoms with Crippen molar-refractivity contribution >= 4 is 32.4 Å². The van der Waals surface area contributed by atoms with Crippen LogP contribution in [-0.4, -0.2) is 41.0 Å². The number of fused-ring (bicyclic) bond motifs is 1. The molecule has 2 heterocycles. The van der Waals surface area contributed by atoms with Crippen LogP contribution in [0.2, 0.25) is 0 Å². The van der Waals surface area contributed by atoms with Crippen LogP contribution in [0.4, 0.5) is 10.8 Å². The maximum atomic E-state index is 10.9. The fourth-order valence-electron chi connectivity index (χ4n) is 3.26. The topological polar surface area (TPSA) is 86.3 Å². The number of nitrogens with zero attached hydrogens (tertiary/aromatic N) is 5. The Morgan fingerprint density at radius 1 is 1.19 bits per heavy atom. The van der Waals surface area contributed by atoms with E-state index >= 15 is 0 Å². The average Bonchev–Trinajstić information content (AvgIpc) is 3.12. The van der Waals surface area contributed by atoms with E-state index in [-0.39, 0.29) is 10.6 Å². The fraction of sp³-hybridized carbons (Fsp3) is 0.263. The van der Waals surface area contributed by atoms with Crippen molar-refractivity contribution in [3.63, 3.8) is 0 Å². The summed E-state index contributed by atoms with van der Waals surface area (Å²) < 4.78 is 0.838. The molecule has 1 saturated heterocycles. The lowest BCUT2D eigenvalue weighted by Gasteiger charge is -2.34. The largest absolute Gasteiger partial charge is 0.345 e. The van der Waals surface area contributed by atoms with E-state index in [4.69, 9.17) is 0 Å². The molecule has 136 valence electrons. The normalized spacial score (nSPS) is 15.0. The third-order valence-electron chi connectivity index (χ3n) is 4.75. The van der Waals surface area contributed by atoms with Gasteiger partial charge in [-0.15, -0.1) is 0 Å². The molecule has 0 atom stereocenters. The molecule has 0 bridgehead atoms. The number of benzene rings is 2. The Bertz CT molecular complexity index is 1030. The van der Waals surface area contributed by atoms with E-state index in [1.54, 1.807) is 12.1 Å². The Morgan fingerprint density at radius 2 is 1.96 bits per heavy atom. The molecule has 1 fully saturated rings. The number of rotatable bonds is 4. The smallest absolute Gasteiger partial charge is 0.270 e. The molecule has 3 aromatic rings. The molecular weight excluding hydrogens is 362 g/mol. The molecule has 0 unspecified atom stereocenters. The Balaban J connectivity index is 1.44. The van der Waals surface area contributed by atoms with Crippen LogP contribution in [0.25, 0.3) is 10.2 Å². The number of nitriles is 1. The monoisotopic (exact) mass is 379 g/mol. The van der Waals surface area contributed by atoms with Crippen molar-refractivity contribution in [2.24, 2.45) is 0 Å². The number of aromatic nitrogens is 1. The summed E-state index contributed by atoms with van der Waals surface area (Å²) in [5, 5.41) is 21.1. The number of non-ortho nitro benzene ring substituents is 1. The number of anilines is 1. The summed E-state index contributed by atoms with van der Waals surface area (Å²) in [7, 11) is 0. The van der Waals surface area contributed by atoms with E-state index in [0.29, 0.717) is 0 Å². The molecule has 1 aromatic heterocycles. The Morgan fingerprint density at radius 3 is 2.70 bits per heavy atom. The molecule has 0 spiro atoms. The van der Waals surface area contributed by atoms with Gasteiger partial charge >= 0.3 is 0 Å². The molecule has 0 saturated carbocycles. The van der Waals surface area contributed by atoms with E-state index in [9.17, 15) is 15.4 Å². The van der Waals surface area contributed by atoms with Crippen molar-refractivity contribution in [3.05, 3.63) is 63.7 Å². The highest BCUT2D eigenvalue weighted by Crippen LogP contribution is 2.32. The zero-order valence-corrected chi connectivity index (χ0v) is 15.4. The molecule has 27 heavy (non-hydrogen) atoms. The van der Waals surface area contributed by atoms with Crippen molar-refractivity contribution in [1.82, 2.24) is 9.88 Å². The molecule has 0 amide bonds. The predicted molar refractivity (Wildman–Crippen MR) is 105 cm³/mol. The van der Waals surface area contributed by atoms with Crippen molar-refractivity contribution in [1.29, 1.82) is 5.26 Å². The standard InChI is InChI=1S/C19H17N5O2S/c20-12-14-3-1-2-4-15(14)13-22-7-9-23(10-8-22)19-21-17-6-5-16(24(25)26)11-18(17)27-19/h1-6,11H,7-10,13H2. The van der Waals surface area contributed by atoms with Gasteiger partial charge in [0.25, 0.3) is 5.69 Å². The molecule has 0 radical (unpaired) electrons. The van der Waals surface area contributed by atoms with Gasteiger partial charge in [0.15, 0.2) is 5.13 Å². The third-order valence-corrected chi connectivity index (χ3v) is 5.83. The SMILES string of the molecule is N#Cc1ccccc1CN1CCN(c2nc3ccc([N+](=O)[O-])cc3s2)CC1. The van der Waals surface area contributed by atoms with Crippen LogP contribution < -0.4 is 4.90 Å². The number of nitro groups is 1. The maximum Gasteiger partial charge on any atom is 0.270 e. The molecular formula is C19H17N5O2S. The predicted octanol–water partition coefficient (Wildman–Crippen LogP) is 3.40. The van der Waals surface area contributed by atoms with Crippen molar-refractivity contribution in [2.75, 3.05) is 31.1 Å². The summed E-state index contributed by atoms with van der Waals surface area (Å²) in [6.07, 6.45) is 0. The molecule has 1 aliphatic rings. The number of thiazole rings is 1. The molecule has 2 aromatic carbocycles. The Hall–Kier alpha value is -3.02. The van der Waals surface area contributed by atoms with Crippen LogP contribution in [0.1, 0.15) is 11.1 Å². The Kier molecular flexibility index (Phi) is 4.71. The number of hydrogen-bond acceptors (Lipinski definition) is 7. The lowest BCUT2D eigenvalue weighted by molar-refractivity contribution is -0.384. The second-order valence-corrected chi connectivity index (χ2v) is 7.45. The van der Waals surface area contributed by atoms with Crippen LogP contribution in [0.5, 0.6) is 0 Å². The fourth-order valence-corrected chi connectivity index (χ4v) is 4.31. The van der Waals surface area contributed by atoms with Crippen molar-refractivity contribution in [3.8, 4) is 6.07 Å². The van der Waals surface area contributed by atoms with E-state index < -0.39 is 0 Å². The molecule has 7 nitrogen and oxygen atoms in total. The van der Waals surface area contributed by atoms with Gasteiger partial charge in [-0.1, -0.05) is 29.5 Å². The van der Waals surface area contributed by atoms with Crippen LogP contribution in [0.3, 0.4) is 0 Å². The molecule has 0 N–H and O–H groups in total. The third kappa shape index (κ3) is 3.60. The number of hydrogen-bond donors (Lipinski definition) is 0. The van der Waals surface area contributed by atoms with Gasteiger partial charge < -0.3 is 4.90 Å². The molecule has 1 aliphatic heterocycles. The minimum Gasteiger partial charge on any atom is -0.345 e. The first-order valence-electron chi connectivity index (χ1n) is 8.64. The van der Waals surface area contributed by atoms with Crippen molar-refractivity contribution < 1.29 is 4.92 Å². The van der Waals surface area contributed by atoms with Gasteiger partial charge in [-0.3, -0.25) is 15.0 Å². The summed E-state index contributed by atoms with van der Waals surface area (Å²) in [6, 6.07) is 14.8. The van der Waals surface area contributed by atoms with Gasteiger partial charge in [0.1, 0.15) is 0 Å². The summed E-state index contributed by atoms with van der Waals surface area (Å²) in [4.78, 5) is 19.8. The van der Waals surface area contributed by atoms with Crippen LogP contribution in [0.15, 0.2) is 42.5 Å². The highest BCUT2D eigenvalue weighted by molar-refractivity contribution is 7.22. The quantitative estimate of drug-likeness (QED) is 0.510. The van der Waals surface area contributed by atoms with Gasteiger partial charge in [-0.05, 0) is 17.7 Å². The van der Waals surface area contributed by atoms with Crippen LogP contribution in [-0.2, 0) is 6.54 Å². The van der Waals surface area contributed by atoms with Gasteiger partial charge in [0.2, 0.25) is 0 Å². The van der Waals surface area contributed by atoms with E-state index in [1.165, 1.54) is 17.4 Å². The minimum atomic E-state index is -0.378. The van der Waals surface area contributed by atoms with Gasteiger partial charge in [-0.2, -0.15) is 5.26 Å². The first-order valence-corrected chi connectivity index (χ1v) is 9.46. The minimum absolute atomic E-state index is 0.0960. The molecule has 4 rings (SSSR count). The first-order chi connectivity index (χ1) is 13.1. The first kappa shape index (κ1) is 17.4. The lowest BCUT2D eigenvalue weighted by atomic mass is 10.1. The highest BCUT2D eigenvalue weighted by atomic mass is 32.1. The zero-order valence-electron chi connectivity index (χ0n) is 14.5. The number of nitro benzene ring substituents is 1.